The van der Waals surface area contributed by atoms with Crippen LogP contribution < -0.4 is 0 Å². The molecule has 1 N–H and O–H groups in total. The van der Waals surface area contributed by atoms with Crippen LogP contribution in [0.2, 0.25) is 0 Å². The SMILES string of the molecule is Cc1[nH]c2cccc3c2c1CCN1C(=O)OC2(CCCCC2)[C@]31C. The number of carbonyl (C=O) groups is 1. The van der Waals surface area contributed by atoms with E-state index in [2.05, 4.69) is 37.0 Å². The number of nitrogens with one attached hydrogen (secondary N) is 1. The van der Waals surface area contributed by atoms with Gasteiger partial charge in [0.2, 0.25) is 0 Å². The summed E-state index contributed by atoms with van der Waals surface area (Å²) in [7, 11) is 0. The van der Waals surface area contributed by atoms with Crippen LogP contribution in [0, 0.1) is 6.92 Å². The van der Waals surface area contributed by atoms with Gasteiger partial charge in [0.05, 0.1) is 0 Å². The molecule has 1 aromatic carbocycles. The maximum atomic E-state index is 12.8. The topological polar surface area (TPSA) is 45.3 Å². The number of benzene rings is 1. The lowest BCUT2D eigenvalue weighted by Gasteiger charge is -2.46. The van der Waals surface area contributed by atoms with Gasteiger partial charge in [0.25, 0.3) is 0 Å². The van der Waals surface area contributed by atoms with Gasteiger partial charge in [-0.3, -0.25) is 4.90 Å². The standard InChI is InChI=1S/C20H24N2O2/c1-13-14-9-12-22-18(23)24-20(10-4-3-5-11-20)19(22,2)15-7-6-8-16(21-13)17(14)15/h6-8,21H,3-5,9-12H2,1-2H3/t19-/m0/s1. The zero-order valence-corrected chi connectivity index (χ0v) is 14.4. The first-order valence-corrected chi connectivity index (χ1v) is 9.18. The zero-order valence-electron chi connectivity index (χ0n) is 14.4. The molecule has 1 saturated carbocycles. The summed E-state index contributed by atoms with van der Waals surface area (Å²) in [4.78, 5) is 18.4. The average molecular weight is 324 g/mol. The van der Waals surface area contributed by atoms with Gasteiger partial charge in [-0.25, -0.2) is 4.79 Å². The van der Waals surface area contributed by atoms with Crippen LogP contribution in [0.3, 0.4) is 0 Å². The number of ether oxygens (including phenoxy) is 1. The number of fused-ring (bicyclic) bond motifs is 3. The summed E-state index contributed by atoms with van der Waals surface area (Å²) in [6.45, 7) is 5.13. The van der Waals surface area contributed by atoms with Crippen molar-refractivity contribution in [3.63, 3.8) is 0 Å². The fourth-order valence-corrected chi connectivity index (χ4v) is 5.56. The van der Waals surface area contributed by atoms with Crippen LogP contribution in [0.5, 0.6) is 0 Å². The van der Waals surface area contributed by atoms with Crippen LogP contribution in [-0.2, 0) is 16.7 Å². The van der Waals surface area contributed by atoms with E-state index in [9.17, 15) is 4.79 Å². The van der Waals surface area contributed by atoms with E-state index in [1.54, 1.807) is 0 Å². The monoisotopic (exact) mass is 324 g/mol. The second-order valence-corrected chi connectivity index (χ2v) is 7.85. The van der Waals surface area contributed by atoms with E-state index in [1.807, 2.05) is 4.90 Å². The second-order valence-electron chi connectivity index (χ2n) is 7.85. The third-order valence-corrected chi connectivity index (χ3v) is 6.84. The second kappa shape index (κ2) is 4.56. The van der Waals surface area contributed by atoms with E-state index in [4.69, 9.17) is 4.74 Å². The van der Waals surface area contributed by atoms with Crippen LogP contribution in [0.4, 0.5) is 4.79 Å². The van der Waals surface area contributed by atoms with Crippen LogP contribution in [0.25, 0.3) is 10.9 Å². The van der Waals surface area contributed by atoms with Gasteiger partial charge >= 0.3 is 6.09 Å². The molecule has 4 heteroatoms. The summed E-state index contributed by atoms with van der Waals surface area (Å²) >= 11 is 0. The Hall–Kier alpha value is -1.97. The van der Waals surface area contributed by atoms with E-state index < -0.39 is 0 Å². The number of aromatic nitrogens is 1. The van der Waals surface area contributed by atoms with Crippen molar-refractivity contribution in [1.82, 2.24) is 9.88 Å². The van der Waals surface area contributed by atoms with Gasteiger partial charge in [-0.05, 0) is 63.1 Å². The van der Waals surface area contributed by atoms with Gasteiger partial charge in [-0.15, -0.1) is 0 Å². The molecule has 126 valence electrons. The molecule has 2 aliphatic heterocycles. The Morgan fingerprint density at radius 2 is 2.00 bits per heavy atom. The molecule has 3 heterocycles. The van der Waals surface area contributed by atoms with E-state index in [0.717, 1.165) is 38.6 Å². The molecule has 0 bridgehead atoms. The van der Waals surface area contributed by atoms with Gasteiger partial charge in [0.15, 0.2) is 0 Å². The predicted molar refractivity (Wildman–Crippen MR) is 93.1 cm³/mol. The number of rotatable bonds is 0. The summed E-state index contributed by atoms with van der Waals surface area (Å²) in [6.07, 6.45) is 6.25. The van der Waals surface area contributed by atoms with Crippen molar-refractivity contribution in [2.45, 2.75) is 63.5 Å². The minimum atomic E-state index is -0.372. The Balaban J connectivity index is 1.83. The molecule has 2 fully saturated rings. The van der Waals surface area contributed by atoms with Crippen molar-refractivity contribution < 1.29 is 9.53 Å². The minimum absolute atomic E-state index is 0.122. The molecule has 2 aromatic rings. The lowest BCUT2D eigenvalue weighted by Crippen LogP contribution is -2.54. The highest BCUT2D eigenvalue weighted by Gasteiger charge is 2.63. The summed E-state index contributed by atoms with van der Waals surface area (Å²) in [5.41, 5.74) is 4.31. The molecule has 1 atom stereocenters. The van der Waals surface area contributed by atoms with Gasteiger partial charge in [0.1, 0.15) is 11.1 Å². The first kappa shape index (κ1) is 14.4. The molecule has 1 aromatic heterocycles. The Morgan fingerprint density at radius 3 is 2.79 bits per heavy atom. The molecule has 4 nitrogen and oxygen atoms in total. The number of amides is 1. The smallest absolute Gasteiger partial charge is 0.411 e. The molecular formula is C20H24N2O2. The van der Waals surface area contributed by atoms with Crippen molar-refractivity contribution in [1.29, 1.82) is 0 Å². The molecule has 1 saturated heterocycles. The van der Waals surface area contributed by atoms with E-state index in [-0.39, 0.29) is 17.2 Å². The van der Waals surface area contributed by atoms with Gasteiger partial charge in [-0.1, -0.05) is 18.6 Å². The number of carbonyl (C=O) groups excluding carboxylic acids is 1. The molecule has 5 rings (SSSR count). The maximum absolute atomic E-state index is 12.8. The highest BCUT2D eigenvalue weighted by Crippen LogP contribution is 2.56. The highest BCUT2D eigenvalue weighted by molar-refractivity contribution is 5.91. The number of aryl methyl sites for hydroxylation is 1. The first-order valence-electron chi connectivity index (χ1n) is 9.18. The zero-order chi connectivity index (χ0) is 16.5. The lowest BCUT2D eigenvalue weighted by molar-refractivity contribution is -0.0399. The molecule has 24 heavy (non-hydrogen) atoms. The van der Waals surface area contributed by atoms with E-state index >= 15 is 0 Å². The van der Waals surface area contributed by atoms with Crippen molar-refractivity contribution in [3.05, 3.63) is 35.0 Å². The predicted octanol–water partition coefficient (Wildman–Crippen LogP) is 4.40. The van der Waals surface area contributed by atoms with Crippen LogP contribution >= 0.6 is 0 Å². The lowest BCUT2D eigenvalue weighted by atomic mass is 9.67. The highest BCUT2D eigenvalue weighted by atomic mass is 16.6. The molecular weight excluding hydrogens is 300 g/mol. The van der Waals surface area contributed by atoms with Crippen molar-refractivity contribution in [2.24, 2.45) is 0 Å². The van der Waals surface area contributed by atoms with Crippen molar-refractivity contribution in [2.75, 3.05) is 6.54 Å². The van der Waals surface area contributed by atoms with Crippen molar-refractivity contribution >= 4 is 17.0 Å². The van der Waals surface area contributed by atoms with Crippen LogP contribution in [0.15, 0.2) is 18.2 Å². The summed E-state index contributed by atoms with van der Waals surface area (Å²) in [5, 5.41) is 1.32. The van der Waals surface area contributed by atoms with E-state index in [0.29, 0.717) is 0 Å². The van der Waals surface area contributed by atoms with E-state index in [1.165, 1.54) is 34.1 Å². The molecule has 0 unspecified atom stereocenters. The summed E-state index contributed by atoms with van der Waals surface area (Å²) in [5.74, 6) is 0. The molecule has 3 aliphatic rings. The third-order valence-electron chi connectivity index (χ3n) is 6.84. The minimum Gasteiger partial charge on any atom is -0.440 e. The summed E-state index contributed by atoms with van der Waals surface area (Å²) < 4.78 is 6.13. The van der Waals surface area contributed by atoms with Gasteiger partial charge < -0.3 is 9.72 Å². The molecule has 1 amide bonds. The number of aromatic amines is 1. The average Bonchev–Trinajstić information content (AvgIpc) is 2.92. The van der Waals surface area contributed by atoms with Gasteiger partial charge in [0, 0.05) is 23.1 Å². The van der Waals surface area contributed by atoms with Crippen LogP contribution in [-0.4, -0.2) is 28.1 Å². The Morgan fingerprint density at radius 1 is 1.21 bits per heavy atom. The number of nitrogens with zero attached hydrogens (tertiary/aromatic N) is 1. The fourth-order valence-electron chi connectivity index (χ4n) is 5.56. The first-order chi connectivity index (χ1) is 11.6. The Bertz CT molecular complexity index is 847. The molecule has 0 radical (unpaired) electrons. The number of H-pyrrole nitrogens is 1. The Kier molecular flexibility index (Phi) is 2.73. The number of hydrogen-bond acceptors (Lipinski definition) is 2. The largest absolute Gasteiger partial charge is 0.440 e. The fraction of sp³-hybridized carbons (Fsp3) is 0.550. The summed E-state index contributed by atoms with van der Waals surface area (Å²) in [6, 6.07) is 6.49. The molecule has 1 aliphatic carbocycles. The Labute approximate surface area is 142 Å². The molecule has 1 spiro atoms. The van der Waals surface area contributed by atoms with Crippen molar-refractivity contribution in [3.8, 4) is 0 Å². The quantitative estimate of drug-likeness (QED) is 0.780. The normalized spacial score (nSPS) is 28.1. The third kappa shape index (κ3) is 1.52. The van der Waals surface area contributed by atoms with Crippen LogP contribution in [0.1, 0.15) is 55.8 Å². The van der Waals surface area contributed by atoms with Gasteiger partial charge in [-0.2, -0.15) is 0 Å². The maximum Gasteiger partial charge on any atom is 0.411 e. The number of hydrogen-bond donors (Lipinski definition) is 1.